The van der Waals surface area contributed by atoms with Crippen LogP contribution in [-0.4, -0.2) is 19.2 Å². The molecule has 1 aromatic heterocycles. The van der Waals surface area contributed by atoms with Gasteiger partial charge in [0.05, 0.1) is 16.6 Å². The minimum atomic E-state index is -1.38. The van der Waals surface area contributed by atoms with Crippen LogP contribution in [-0.2, 0) is 11.0 Å². The second kappa shape index (κ2) is 5.79. The molecule has 4 nitrogen and oxygen atoms in total. The van der Waals surface area contributed by atoms with Gasteiger partial charge in [-0.15, -0.1) is 0 Å². The highest BCUT2D eigenvalue weighted by Crippen LogP contribution is 2.31. The van der Waals surface area contributed by atoms with E-state index in [1.165, 1.54) is 0 Å². The Balaban J connectivity index is 1.96. The fourth-order valence-corrected chi connectivity index (χ4v) is 3.19. The summed E-state index contributed by atoms with van der Waals surface area (Å²) in [5.74, 6) is -1.23. The van der Waals surface area contributed by atoms with Gasteiger partial charge in [-0.1, -0.05) is 0 Å². The third kappa shape index (κ3) is 3.04. The molecule has 0 amide bonds. The minimum Gasteiger partial charge on any atom is -0.302 e. The van der Waals surface area contributed by atoms with Crippen molar-refractivity contribution in [2.24, 2.45) is 0 Å². The zero-order valence-electron chi connectivity index (χ0n) is 12.3. The largest absolute Gasteiger partial charge is 0.302 e. The van der Waals surface area contributed by atoms with Gasteiger partial charge < -0.3 is 4.72 Å². The average Bonchev–Trinajstić information content (AvgIpc) is 3.19. The molecule has 1 aliphatic carbocycles. The van der Waals surface area contributed by atoms with E-state index in [2.05, 4.69) is 9.82 Å². The van der Waals surface area contributed by atoms with Crippen LogP contribution < -0.4 is 4.72 Å². The molecule has 0 bridgehead atoms. The number of hydrogen-bond acceptors (Lipinski definition) is 2. The Morgan fingerprint density at radius 1 is 1.36 bits per heavy atom. The summed E-state index contributed by atoms with van der Waals surface area (Å²) in [6.07, 6.45) is 3.42. The monoisotopic (exact) mass is 325 g/mol. The summed E-state index contributed by atoms with van der Waals surface area (Å²) in [4.78, 5) is 0. The molecule has 0 aliphatic heterocycles. The van der Waals surface area contributed by atoms with Gasteiger partial charge in [-0.25, -0.2) is 13.0 Å². The van der Waals surface area contributed by atoms with Crippen LogP contribution in [0.1, 0.15) is 32.7 Å². The van der Waals surface area contributed by atoms with Crippen molar-refractivity contribution in [1.82, 2.24) is 9.78 Å². The van der Waals surface area contributed by atoms with E-state index in [4.69, 9.17) is 0 Å². The first kappa shape index (κ1) is 15.1. The third-order valence-electron chi connectivity index (χ3n) is 3.49. The van der Waals surface area contributed by atoms with Crippen LogP contribution in [0.4, 0.5) is 14.5 Å². The van der Waals surface area contributed by atoms with Gasteiger partial charge in [0.1, 0.15) is 16.8 Å². The summed E-state index contributed by atoms with van der Waals surface area (Å²) in [7, 11) is -1.38. The standard InChI is InChI=1S/C15H17F2N3OS/c1-9(2)20-6-5-13(18-20)12-7-10(16)8-14(15(12)17)19-22(21)11-3-4-11/h5-9,11,19H,3-4H2,1-2H3. The Bertz CT molecular complexity index is 726. The highest BCUT2D eigenvalue weighted by atomic mass is 32.2. The lowest BCUT2D eigenvalue weighted by Gasteiger charge is -2.10. The summed E-state index contributed by atoms with van der Waals surface area (Å²) in [5.41, 5.74) is 0.333. The van der Waals surface area contributed by atoms with E-state index in [9.17, 15) is 13.0 Å². The maximum atomic E-state index is 14.6. The highest BCUT2D eigenvalue weighted by Gasteiger charge is 2.29. The number of anilines is 1. The van der Waals surface area contributed by atoms with Gasteiger partial charge in [-0.05, 0) is 38.8 Å². The maximum Gasteiger partial charge on any atom is 0.156 e. The van der Waals surface area contributed by atoms with E-state index in [0.29, 0.717) is 5.69 Å². The second-order valence-electron chi connectivity index (χ2n) is 5.69. The quantitative estimate of drug-likeness (QED) is 0.912. The second-order valence-corrected chi connectivity index (χ2v) is 7.15. The molecule has 1 saturated carbocycles. The van der Waals surface area contributed by atoms with Crippen molar-refractivity contribution in [2.75, 3.05) is 4.72 Å². The number of halogens is 2. The van der Waals surface area contributed by atoms with Gasteiger partial charge in [0.15, 0.2) is 5.82 Å². The smallest absolute Gasteiger partial charge is 0.156 e. The molecule has 1 N–H and O–H groups in total. The molecule has 1 heterocycles. The summed E-state index contributed by atoms with van der Waals surface area (Å²) in [5, 5.41) is 4.29. The van der Waals surface area contributed by atoms with Gasteiger partial charge in [0.25, 0.3) is 0 Å². The zero-order chi connectivity index (χ0) is 15.9. The molecule has 1 aromatic carbocycles. The average molecular weight is 325 g/mol. The Kier molecular flexibility index (Phi) is 3.99. The SMILES string of the molecule is CC(C)n1ccc(-c2cc(F)cc(NS(=O)C3CC3)c2F)n1. The van der Waals surface area contributed by atoms with E-state index >= 15 is 0 Å². The van der Waals surface area contributed by atoms with Crippen LogP contribution in [0.5, 0.6) is 0 Å². The van der Waals surface area contributed by atoms with Crippen LogP contribution >= 0.6 is 0 Å². The van der Waals surface area contributed by atoms with E-state index in [-0.39, 0.29) is 22.5 Å². The number of hydrogen-bond donors (Lipinski definition) is 1. The molecular weight excluding hydrogens is 308 g/mol. The predicted molar refractivity (Wildman–Crippen MR) is 82.8 cm³/mol. The van der Waals surface area contributed by atoms with Crippen LogP contribution in [0, 0.1) is 11.6 Å². The summed E-state index contributed by atoms with van der Waals surface area (Å²) < 4.78 is 44.5. The lowest BCUT2D eigenvalue weighted by Crippen LogP contribution is -2.11. The number of nitrogens with one attached hydrogen (secondary N) is 1. The zero-order valence-corrected chi connectivity index (χ0v) is 13.2. The van der Waals surface area contributed by atoms with Crippen LogP contribution in [0.2, 0.25) is 0 Å². The summed E-state index contributed by atoms with van der Waals surface area (Å²) in [6.45, 7) is 3.90. The fourth-order valence-electron chi connectivity index (χ4n) is 2.09. The number of aromatic nitrogens is 2. The van der Waals surface area contributed by atoms with Crippen molar-refractivity contribution in [3.8, 4) is 11.3 Å². The van der Waals surface area contributed by atoms with Gasteiger partial charge in [-0.2, -0.15) is 5.10 Å². The fraction of sp³-hybridized carbons (Fsp3) is 0.400. The van der Waals surface area contributed by atoms with Crippen LogP contribution in [0.3, 0.4) is 0 Å². The molecular formula is C15H17F2N3OS. The van der Waals surface area contributed by atoms with E-state index in [1.54, 1.807) is 16.9 Å². The lowest BCUT2D eigenvalue weighted by molar-refractivity contribution is 0.533. The molecule has 1 aliphatic rings. The molecule has 2 aromatic rings. The highest BCUT2D eigenvalue weighted by molar-refractivity contribution is 7.87. The Labute approximate surface area is 130 Å². The van der Waals surface area contributed by atoms with Gasteiger partial charge >= 0.3 is 0 Å². The Morgan fingerprint density at radius 2 is 2.09 bits per heavy atom. The first-order valence-corrected chi connectivity index (χ1v) is 8.39. The topological polar surface area (TPSA) is 46.9 Å². The summed E-state index contributed by atoms with van der Waals surface area (Å²) in [6, 6.07) is 3.90. The molecule has 0 radical (unpaired) electrons. The molecule has 0 spiro atoms. The van der Waals surface area contributed by atoms with E-state index in [1.807, 2.05) is 13.8 Å². The third-order valence-corrected chi connectivity index (χ3v) is 4.99. The van der Waals surface area contributed by atoms with Crippen molar-refractivity contribution >= 4 is 16.7 Å². The van der Waals surface area contributed by atoms with Crippen molar-refractivity contribution in [3.05, 3.63) is 36.0 Å². The van der Waals surface area contributed by atoms with Crippen LogP contribution in [0.25, 0.3) is 11.3 Å². The first-order valence-electron chi connectivity index (χ1n) is 7.17. The van der Waals surface area contributed by atoms with Gasteiger partial charge in [0, 0.05) is 23.9 Å². The van der Waals surface area contributed by atoms with Crippen molar-refractivity contribution in [2.45, 2.75) is 38.0 Å². The van der Waals surface area contributed by atoms with Crippen LogP contribution in [0.15, 0.2) is 24.4 Å². The lowest BCUT2D eigenvalue weighted by atomic mass is 10.1. The predicted octanol–water partition coefficient (Wildman–Crippen LogP) is 3.65. The summed E-state index contributed by atoms with van der Waals surface area (Å²) >= 11 is 0. The van der Waals surface area contributed by atoms with Gasteiger partial charge in [-0.3, -0.25) is 4.68 Å². The first-order chi connectivity index (χ1) is 10.5. The molecule has 3 rings (SSSR count). The number of nitrogens with zero attached hydrogens (tertiary/aromatic N) is 2. The van der Waals surface area contributed by atoms with E-state index in [0.717, 1.165) is 25.0 Å². The van der Waals surface area contributed by atoms with Crippen molar-refractivity contribution in [3.63, 3.8) is 0 Å². The normalized spacial score (nSPS) is 16.0. The molecule has 22 heavy (non-hydrogen) atoms. The number of benzene rings is 1. The molecule has 1 fully saturated rings. The van der Waals surface area contributed by atoms with Gasteiger partial charge in [0.2, 0.25) is 0 Å². The van der Waals surface area contributed by atoms with Crippen molar-refractivity contribution < 1.29 is 13.0 Å². The maximum absolute atomic E-state index is 14.6. The van der Waals surface area contributed by atoms with Crippen molar-refractivity contribution in [1.29, 1.82) is 0 Å². The minimum absolute atomic E-state index is 0.0336. The Morgan fingerprint density at radius 3 is 2.68 bits per heavy atom. The van der Waals surface area contributed by atoms with E-state index < -0.39 is 22.6 Å². The molecule has 1 atom stereocenters. The number of rotatable bonds is 5. The Hall–Kier alpha value is -1.76. The molecule has 0 saturated heterocycles. The molecule has 118 valence electrons. The molecule has 7 heteroatoms. The molecule has 1 unspecified atom stereocenters.